The normalized spacial score (nSPS) is 9.50. The van der Waals surface area contributed by atoms with Crippen LogP contribution in [0.3, 0.4) is 0 Å². The minimum atomic E-state index is -0.370. The summed E-state index contributed by atoms with van der Waals surface area (Å²) in [5.74, 6) is 0.560. The van der Waals surface area contributed by atoms with Gasteiger partial charge in [-0.2, -0.15) is 17.0 Å². The van der Waals surface area contributed by atoms with Crippen LogP contribution in [0.5, 0.6) is 0 Å². The fourth-order valence-electron chi connectivity index (χ4n) is 1.02. The van der Waals surface area contributed by atoms with E-state index in [4.69, 9.17) is 5.26 Å². The molecule has 0 bridgehead atoms. The second-order valence-corrected chi connectivity index (χ2v) is 3.71. The molecule has 0 aromatic heterocycles. The van der Waals surface area contributed by atoms with Crippen molar-refractivity contribution in [1.82, 2.24) is 0 Å². The van der Waals surface area contributed by atoms with Gasteiger partial charge in [0.25, 0.3) is 0 Å². The van der Waals surface area contributed by atoms with Gasteiger partial charge in [0, 0.05) is 12.3 Å². The molecule has 0 amide bonds. The van der Waals surface area contributed by atoms with Crippen molar-refractivity contribution in [3.8, 4) is 6.07 Å². The first kappa shape index (κ1) is 10.9. The van der Waals surface area contributed by atoms with Gasteiger partial charge < -0.3 is 5.32 Å². The molecule has 1 N–H and O–H groups in total. The van der Waals surface area contributed by atoms with Gasteiger partial charge in [-0.15, -0.1) is 0 Å². The maximum atomic E-state index is 13.2. The first-order chi connectivity index (χ1) is 6.77. The Bertz CT molecular complexity index is 346. The zero-order valence-corrected chi connectivity index (χ0v) is 8.70. The monoisotopic (exact) mass is 210 g/mol. The maximum Gasteiger partial charge on any atom is 0.147 e. The van der Waals surface area contributed by atoms with E-state index in [-0.39, 0.29) is 5.82 Å². The Morgan fingerprint density at radius 2 is 2.36 bits per heavy atom. The Balaban J connectivity index is 2.65. The molecule has 0 atom stereocenters. The van der Waals surface area contributed by atoms with Crippen molar-refractivity contribution in [2.45, 2.75) is 0 Å². The van der Waals surface area contributed by atoms with E-state index in [0.717, 1.165) is 12.3 Å². The second kappa shape index (κ2) is 5.51. The van der Waals surface area contributed by atoms with Crippen LogP contribution in [0.4, 0.5) is 10.1 Å². The number of nitrogens with zero attached hydrogens (tertiary/aromatic N) is 1. The standard InChI is InChI=1S/C10H11FN2S/c1-14-5-4-13-10-3-2-8(7-12)6-9(10)11/h2-3,6,13H,4-5H2,1H3. The minimum absolute atomic E-state index is 0.345. The number of halogens is 1. The smallest absolute Gasteiger partial charge is 0.147 e. The van der Waals surface area contributed by atoms with Crippen LogP contribution in [0.15, 0.2) is 18.2 Å². The van der Waals surface area contributed by atoms with Crippen LogP contribution >= 0.6 is 11.8 Å². The predicted octanol–water partition coefficient (Wildman–Crippen LogP) is 2.47. The molecule has 0 unspecified atom stereocenters. The third-order valence-corrected chi connectivity index (χ3v) is 2.33. The SMILES string of the molecule is CSCCNc1ccc(C#N)cc1F. The zero-order chi connectivity index (χ0) is 10.4. The number of nitriles is 1. The van der Waals surface area contributed by atoms with E-state index in [1.54, 1.807) is 23.9 Å². The van der Waals surface area contributed by atoms with E-state index in [0.29, 0.717) is 11.3 Å². The molecule has 0 aliphatic rings. The highest BCUT2D eigenvalue weighted by Crippen LogP contribution is 2.15. The van der Waals surface area contributed by atoms with Crippen molar-refractivity contribution in [2.24, 2.45) is 0 Å². The molecule has 74 valence electrons. The van der Waals surface area contributed by atoms with Crippen molar-refractivity contribution >= 4 is 17.4 Å². The molecule has 0 saturated heterocycles. The van der Waals surface area contributed by atoms with Gasteiger partial charge in [0.05, 0.1) is 17.3 Å². The van der Waals surface area contributed by atoms with E-state index < -0.39 is 0 Å². The molecule has 0 aliphatic carbocycles. The van der Waals surface area contributed by atoms with Gasteiger partial charge in [-0.25, -0.2) is 4.39 Å². The summed E-state index contributed by atoms with van der Waals surface area (Å²) in [6, 6.07) is 6.32. The third kappa shape index (κ3) is 2.93. The van der Waals surface area contributed by atoms with Crippen LogP contribution in [0, 0.1) is 17.1 Å². The van der Waals surface area contributed by atoms with E-state index in [9.17, 15) is 4.39 Å². The average molecular weight is 210 g/mol. The highest BCUT2D eigenvalue weighted by atomic mass is 32.2. The average Bonchev–Trinajstić information content (AvgIpc) is 2.20. The number of hydrogen-bond acceptors (Lipinski definition) is 3. The molecule has 14 heavy (non-hydrogen) atoms. The van der Waals surface area contributed by atoms with Gasteiger partial charge in [0.15, 0.2) is 0 Å². The van der Waals surface area contributed by atoms with Gasteiger partial charge in [-0.3, -0.25) is 0 Å². The molecule has 0 fully saturated rings. The number of benzene rings is 1. The molecule has 0 spiro atoms. The Morgan fingerprint density at radius 3 is 2.93 bits per heavy atom. The van der Waals surface area contributed by atoms with Crippen LogP contribution < -0.4 is 5.32 Å². The van der Waals surface area contributed by atoms with Crippen molar-refractivity contribution in [3.63, 3.8) is 0 Å². The predicted molar refractivity (Wildman–Crippen MR) is 58.0 cm³/mol. The van der Waals surface area contributed by atoms with Gasteiger partial charge in [0.2, 0.25) is 0 Å². The number of anilines is 1. The quantitative estimate of drug-likeness (QED) is 0.775. The second-order valence-electron chi connectivity index (χ2n) is 2.73. The lowest BCUT2D eigenvalue weighted by molar-refractivity contribution is 0.630. The molecule has 0 radical (unpaired) electrons. The Labute approximate surface area is 87.1 Å². The summed E-state index contributed by atoms with van der Waals surface area (Å²) in [6.45, 7) is 0.726. The van der Waals surface area contributed by atoms with Gasteiger partial charge >= 0.3 is 0 Å². The topological polar surface area (TPSA) is 35.8 Å². The molecule has 2 nitrogen and oxygen atoms in total. The van der Waals surface area contributed by atoms with Crippen LogP contribution in [0.25, 0.3) is 0 Å². The zero-order valence-electron chi connectivity index (χ0n) is 7.88. The van der Waals surface area contributed by atoms with Gasteiger partial charge in [-0.1, -0.05) is 0 Å². The molecule has 0 aliphatic heterocycles. The summed E-state index contributed by atoms with van der Waals surface area (Å²) in [6.07, 6.45) is 2.00. The molecule has 0 saturated carbocycles. The van der Waals surface area contributed by atoms with Crippen LogP contribution in [0.1, 0.15) is 5.56 Å². The van der Waals surface area contributed by atoms with Gasteiger partial charge in [-0.05, 0) is 24.5 Å². The van der Waals surface area contributed by atoms with E-state index in [2.05, 4.69) is 5.32 Å². The number of rotatable bonds is 4. The summed E-state index contributed by atoms with van der Waals surface area (Å²) >= 11 is 1.70. The van der Waals surface area contributed by atoms with Crippen molar-refractivity contribution in [3.05, 3.63) is 29.6 Å². The fourth-order valence-corrected chi connectivity index (χ4v) is 1.32. The molecule has 4 heteroatoms. The maximum absolute atomic E-state index is 13.2. The van der Waals surface area contributed by atoms with E-state index in [1.807, 2.05) is 12.3 Å². The van der Waals surface area contributed by atoms with Crippen LogP contribution in [0.2, 0.25) is 0 Å². The Hall–Kier alpha value is -1.21. The summed E-state index contributed by atoms with van der Waals surface area (Å²) in [5.41, 5.74) is 0.802. The Kier molecular flexibility index (Phi) is 4.27. The summed E-state index contributed by atoms with van der Waals surface area (Å²) < 4.78 is 13.2. The lowest BCUT2D eigenvalue weighted by atomic mass is 10.2. The van der Waals surface area contributed by atoms with Gasteiger partial charge in [0.1, 0.15) is 5.82 Å². The van der Waals surface area contributed by atoms with Crippen LogP contribution in [-0.4, -0.2) is 18.6 Å². The summed E-state index contributed by atoms with van der Waals surface area (Å²) in [5, 5.41) is 11.5. The first-order valence-corrected chi connectivity index (χ1v) is 5.59. The molecule has 0 heterocycles. The van der Waals surface area contributed by atoms with E-state index >= 15 is 0 Å². The highest BCUT2D eigenvalue weighted by Gasteiger charge is 2.01. The van der Waals surface area contributed by atoms with Crippen molar-refractivity contribution in [1.29, 1.82) is 5.26 Å². The summed E-state index contributed by atoms with van der Waals surface area (Å²) in [7, 11) is 0. The molecule has 1 aromatic rings. The molecular formula is C10H11FN2S. The minimum Gasteiger partial charge on any atom is -0.382 e. The fraction of sp³-hybridized carbons (Fsp3) is 0.300. The number of nitrogens with one attached hydrogen (secondary N) is 1. The lowest BCUT2D eigenvalue weighted by Gasteiger charge is -2.06. The molecule has 1 aromatic carbocycles. The molecule has 1 rings (SSSR count). The lowest BCUT2D eigenvalue weighted by Crippen LogP contribution is -2.05. The highest BCUT2D eigenvalue weighted by molar-refractivity contribution is 7.98. The third-order valence-electron chi connectivity index (χ3n) is 1.72. The first-order valence-electron chi connectivity index (χ1n) is 4.20. The van der Waals surface area contributed by atoms with Crippen LogP contribution in [-0.2, 0) is 0 Å². The number of thioether (sulfide) groups is 1. The molecular weight excluding hydrogens is 199 g/mol. The Morgan fingerprint density at radius 1 is 1.57 bits per heavy atom. The largest absolute Gasteiger partial charge is 0.382 e. The number of hydrogen-bond donors (Lipinski definition) is 1. The summed E-state index contributed by atoms with van der Waals surface area (Å²) in [4.78, 5) is 0. The van der Waals surface area contributed by atoms with E-state index in [1.165, 1.54) is 6.07 Å². The van der Waals surface area contributed by atoms with Crippen molar-refractivity contribution < 1.29 is 4.39 Å². The van der Waals surface area contributed by atoms with Crippen molar-refractivity contribution in [2.75, 3.05) is 23.9 Å².